The van der Waals surface area contributed by atoms with Crippen LogP contribution in [-0.4, -0.2) is 19.0 Å². The van der Waals surface area contributed by atoms with Gasteiger partial charge in [0.15, 0.2) is 0 Å². The summed E-state index contributed by atoms with van der Waals surface area (Å²) in [7, 11) is 1.53. The number of anilines is 2. The van der Waals surface area contributed by atoms with Crippen molar-refractivity contribution in [2.75, 3.05) is 17.7 Å². The zero-order valence-corrected chi connectivity index (χ0v) is 14.7. The van der Waals surface area contributed by atoms with Crippen molar-refractivity contribution in [1.29, 1.82) is 0 Å². The molecule has 0 aromatic heterocycles. The summed E-state index contributed by atoms with van der Waals surface area (Å²) in [5.41, 5.74) is 1.54. The normalized spacial score (nSPS) is 9.96. The van der Waals surface area contributed by atoms with Crippen LogP contribution in [0, 0.1) is 0 Å². The first-order valence-corrected chi connectivity index (χ1v) is 8.38. The van der Waals surface area contributed by atoms with Gasteiger partial charge in [0.25, 0.3) is 5.91 Å². The summed E-state index contributed by atoms with van der Waals surface area (Å²) in [6.07, 6.45) is 0. The number of carbonyl (C=O) groups is 2. The molecule has 3 aromatic carbocycles. The molecule has 0 spiro atoms. The van der Waals surface area contributed by atoms with Gasteiger partial charge in [-0.2, -0.15) is 0 Å². The third-order valence-corrected chi connectivity index (χ3v) is 3.71. The Hall–Kier alpha value is -3.80. The maximum absolute atomic E-state index is 12.7. The fourth-order valence-electron chi connectivity index (χ4n) is 2.43. The van der Waals surface area contributed by atoms with Crippen LogP contribution in [-0.2, 0) is 0 Å². The maximum Gasteiger partial charge on any atom is 0.318 e. The van der Waals surface area contributed by atoms with Crippen LogP contribution >= 0.6 is 0 Å². The zero-order chi connectivity index (χ0) is 19.1. The lowest BCUT2D eigenvalue weighted by molar-refractivity contribution is 0.102. The van der Waals surface area contributed by atoms with Crippen LogP contribution in [0.25, 0.3) is 0 Å². The first kappa shape index (κ1) is 18.0. The van der Waals surface area contributed by atoms with Gasteiger partial charge in [-0.25, -0.2) is 4.79 Å². The van der Waals surface area contributed by atoms with Crippen molar-refractivity contribution in [2.24, 2.45) is 0 Å². The van der Waals surface area contributed by atoms with Crippen molar-refractivity contribution in [3.05, 3.63) is 84.4 Å². The fourth-order valence-corrected chi connectivity index (χ4v) is 2.43. The molecule has 0 saturated carbocycles. The third kappa shape index (κ3) is 4.85. The Morgan fingerprint density at radius 1 is 0.778 bits per heavy atom. The molecule has 0 atom stereocenters. The van der Waals surface area contributed by atoms with E-state index in [4.69, 9.17) is 4.74 Å². The van der Waals surface area contributed by atoms with Crippen molar-refractivity contribution in [3.63, 3.8) is 0 Å². The summed E-state index contributed by atoms with van der Waals surface area (Å²) in [6.45, 7) is 0. The van der Waals surface area contributed by atoms with Gasteiger partial charge < -0.3 is 20.7 Å². The number of carbonyl (C=O) groups excluding carboxylic acids is 2. The van der Waals surface area contributed by atoms with Crippen molar-refractivity contribution in [2.45, 2.75) is 0 Å². The Bertz CT molecular complexity index is 942. The van der Waals surface area contributed by atoms with Crippen LogP contribution in [0.15, 0.2) is 78.9 Å². The molecular weight excluding hydrogens is 342 g/mol. The predicted molar refractivity (Wildman–Crippen MR) is 105 cm³/mol. The highest BCUT2D eigenvalue weighted by atomic mass is 16.5. The Morgan fingerprint density at radius 2 is 1.44 bits per heavy atom. The van der Waals surface area contributed by atoms with E-state index < -0.39 is 0 Å². The fraction of sp³-hybridized carbons (Fsp3) is 0.0476. The molecule has 0 fully saturated rings. The lowest BCUT2D eigenvalue weighted by atomic mass is 10.1. The van der Waals surface area contributed by atoms with Gasteiger partial charge in [-0.05, 0) is 42.5 Å². The molecule has 6 heteroatoms. The van der Waals surface area contributed by atoms with Crippen molar-refractivity contribution < 1.29 is 14.3 Å². The van der Waals surface area contributed by atoms with E-state index in [1.807, 2.05) is 36.4 Å². The Labute approximate surface area is 157 Å². The molecule has 3 amide bonds. The largest absolute Gasteiger partial charge is 0.457 e. The number of urea groups is 1. The molecule has 0 radical (unpaired) electrons. The minimum absolute atomic E-state index is 0.307. The molecule has 0 bridgehead atoms. The number of benzene rings is 3. The number of para-hydroxylation sites is 2. The van der Waals surface area contributed by atoms with E-state index in [2.05, 4.69) is 16.0 Å². The van der Waals surface area contributed by atoms with Crippen molar-refractivity contribution in [1.82, 2.24) is 5.32 Å². The van der Waals surface area contributed by atoms with Crippen LogP contribution < -0.4 is 20.7 Å². The van der Waals surface area contributed by atoms with Gasteiger partial charge in [0, 0.05) is 18.4 Å². The summed E-state index contributed by atoms with van der Waals surface area (Å²) in [4.78, 5) is 24.2. The van der Waals surface area contributed by atoms with Gasteiger partial charge in [-0.3, -0.25) is 4.79 Å². The van der Waals surface area contributed by atoms with Gasteiger partial charge in [-0.15, -0.1) is 0 Å². The van der Waals surface area contributed by atoms with Gasteiger partial charge in [0.1, 0.15) is 11.5 Å². The van der Waals surface area contributed by atoms with Crippen molar-refractivity contribution in [3.8, 4) is 11.5 Å². The molecule has 3 rings (SSSR count). The molecule has 0 unspecified atom stereocenters. The average molecular weight is 361 g/mol. The second-order valence-electron chi connectivity index (χ2n) is 5.65. The second-order valence-corrected chi connectivity index (χ2v) is 5.65. The topological polar surface area (TPSA) is 79.5 Å². The first-order valence-electron chi connectivity index (χ1n) is 8.38. The number of rotatable bonds is 5. The molecule has 136 valence electrons. The molecule has 0 aliphatic heterocycles. The zero-order valence-electron chi connectivity index (χ0n) is 14.7. The Balaban J connectivity index is 1.77. The minimum Gasteiger partial charge on any atom is -0.457 e. The lowest BCUT2D eigenvalue weighted by Gasteiger charge is -2.12. The van der Waals surface area contributed by atoms with Crippen LogP contribution in [0.1, 0.15) is 10.4 Å². The van der Waals surface area contributed by atoms with E-state index in [1.165, 1.54) is 7.05 Å². The predicted octanol–water partition coefficient (Wildman–Crippen LogP) is 4.48. The van der Waals surface area contributed by atoms with E-state index in [1.54, 1.807) is 42.5 Å². The monoisotopic (exact) mass is 361 g/mol. The second kappa shape index (κ2) is 8.53. The van der Waals surface area contributed by atoms with E-state index in [9.17, 15) is 9.59 Å². The highest BCUT2D eigenvalue weighted by Crippen LogP contribution is 2.26. The van der Waals surface area contributed by atoms with E-state index in [-0.39, 0.29) is 11.9 Å². The van der Waals surface area contributed by atoms with E-state index in [0.29, 0.717) is 28.4 Å². The molecule has 3 aromatic rings. The maximum atomic E-state index is 12.7. The molecule has 0 heterocycles. The van der Waals surface area contributed by atoms with E-state index >= 15 is 0 Å². The van der Waals surface area contributed by atoms with Gasteiger partial charge in [0.05, 0.1) is 5.56 Å². The average Bonchev–Trinajstić information content (AvgIpc) is 2.69. The highest BCUT2D eigenvalue weighted by molar-refractivity contribution is 6.06. The molecule has 27 heavy (non-hydrogen) atoms. The summed E-state index contributed by atoms with van der Waals surface area (Å²) in [5, 5.41) is 7.96. The van der Waals surface area contributed by atoms with Crippen LogP contribution in [0.5, 0.6) is 11.5 Å². The Kier molecular flexibility index (Phi) is 5.69. The van der Waals surface area contributed by atoms with Gasteiger partial charge in [0.2, 0.25) is 0 Å². The number of hydrogen-bond acceptors (Lipinski definition) is 3. The number of hydrogen-bond donors (Lipinski definition) is 3. The highest BCUT2D eigenvalue weighted by Gasteiger charge is 2.13. The molecule has 0 aliphatic carbocycles. The smallest absolute Gasteiger partial charge is 0.318 e. The molecule has 3 N–H and O–H groups in total. The quantitative estimate of drug-likeness (QED) is 0.627. The minimum atomic E-state index is -0.333. The number of nitrogens with one attached hydrogen (secondary N) is 3. The van der Waals surface area contributed by atoms with Crippen LogP contribution in [0.2, 0.25) is 0 Å². The molecule has 0 aliphatic rings. The SMILES string of the molecule is CNC(=O)Nc1cccc(NC(=O)c2ccccc2Oc2ccccc2)c1. The van der Waals surface area contributed by atoms with Crippen LogP contribution in [0.3, 0.4) is 0 Å². The number of ether oxygens (including phenoxy) is 1. The van der Waals surface area contributed by atoms with Crippen molar-refractivity contribution >= 4 is 23.3 Å². The summed E-state index contributed by atoms with van der Waals surface area (Å²) >= 11 is 0. The van der Waals surface area contributed by atoms with Gasteiger partial charge in [-0.1, -0.05) is 36.4 Å². The first-order chi connectivity index (χ1) is 13.2. The van der Waals surface area contributed by atoms with E-state index in [0.717, 1.165) is 0 Å². The van der Waals surface area contributed by atoms with Crippen LogP contribution in [0.4, 0.5) is 16.2 Å². The molecule has 6 nitrogen and oxygen atoms in total. The summed E-state index contributed by atoms with van der Waals surface area (Å²) in [5.74, 6) is 0.800. The molecule has 0 saturated heterocycles. The Morgan fingerprint density at radius 3 is 2.19 bits per heavy atom. The standard InChI is InChI=1S/C21H19N3O3/c1-22-21(26)24-16-9-7-8-15(14-16)23-20(25)18-12-5-6-13-19(18)27-17-10-3-2-4-11-17/h2-14H,1H3,(H,23,25)(H2,22,24,26). The van der Waals surface area contributed by atoms with Gasteiger partial charge >= 0.3 is 6.03 Å². The summed E-state index contributed by atoms with van der Waals surface area (Å²) in [6, 6.07) is 22.8. The molecular formula is C21H19N3O3. The number of amides is 3. The summed E-state index contributed by atoms with van der Waals surface area (Å²) < 4.78 is 5.83. The lowest BCUT2D eigenvalue weighted by Crippen LogP contribution is -2.24. The third-order valence-electron chi connectivity index (χ3n) is 3.71.